The van der Waals surface area contributed by atoms with Crippen molar-refractivity contribution in [2.24, 2.45) is 0 Å². The Hall–Kier alpha value is -2.73. The molecule has 3 aromatic carbocycles. The van der Waals surface area contributed by atoms with E-state index in [2.05, 4.69) is 21.5 Å². The summed E-state index contributed by atoms with van der Waals surface area (Å²) in [5, 5.41) is 0. The van der Waals surface area contributed by atoms with Crippen LogP contribution in [-0.2, 0) is 20.1 Å². The molecule has 0 saturated carbocycles. The molecule has 0 amide bonds. The van der Waals surface area contributed by atoms with Gasteiger partial charge in [0.15, 0.2) is 5.69 Å². The van der Waals surface area contributed by atoms with E-state index in [1.54, 1.807) is 0 Å². The molecule has 0 unspecified atom stereocenters. The smallest absolute Gasteiger partial charge is 0.187 e. The van der Waals surface area contributed by atoms with E-state index in [4.69, 9.17) is 11.6 Å². The van der Waals surface area contributed by atoms with Gasteiger partial charge in [0.05, 0.1) is 23.4 Å². The fourth-order valence-corrected chi connectivity index (χ4v) is 3.32. The van der Waals surface area contributed by atoms with Gasteiger partial charge in [-0.2, -0.15) is 0 Å². The number of aryl methyl sites for hydroxylation is 2. The number of para-hydroxylation sites is 2. The number of imidazole rings is 1. The molecular weight excluding hydrogens is 498 g/mol. The first kappa shape index (κ1) is 18.1. The molecule has 0 bridgehead atoms. The molecule has 0 aliphatic heterocycles. The Morgan fingerprint density at radius 1 is 1.00 bits per heavy atom. The van der Waals surface area contributed by atoms with E-state index < -0.39 is 0 Å². The number of rotatable bonds is 2. The van der Waals surface area contributed by atoms with Gasteiger partial charge in [-0.05, 0) is 37.1 Å². The van der Waals surface area contributed by atoms with Gasteiger partial charge < -0.3 is 4.57 Å². The van der Waals surface area contributed by atoms with Crippen molar-refractivity contribution in [1.29, 1.82) is 0 Å². The van der Waals surface area contributed by atoms with Crippen LogP contribution in [0.15, 0.2) is 60.7 Å². The van der Waals surface area contributed by atoms with Crippen LogP contribution in [-0.4, -0.2) is 9.55 Å². The van der Waals surface area contributed by atoms with Gasteiger partial charge in [0.1, 0.15) is 0 Å². The van der Waals surface area contributed by atoms with E-state index in [1.165, 1.54) is 0 Å². The zero-order valence-electron chi connectivity index (χ0n) is 14.4. The summed E-state index contributed by atoms with van der Waals surface area (Å²) in [6, 6.07) is 23.2. The third-order valence-corrected chi connectivity index (χ3v) is 4.34. The predicted molar refractivity (Wildman–Crippen MR) is 101 cm³/mol. The van der Waals surface area contributed by atoms with Crippen molar-refractivity contribution in [3.05, 3.63) is 89.3 Å². The normalized spacial score (nSPS) is 10.3. The first-order chi connectivity index (χ1) is 12.2. The minimum Gasteiger partial charge on any atom is -0.333 e. The van der Waals surface area contributed by atoms with Gasteiger partial charge in [-0.1, -0.05) is 24.3 Å². The summed E-state index contributed by atoms with van der Waals surface area (Å²) in [5.41, 5.74) is 6.81. The fourth-order valence-electron chi connectivity index (χ4n) is 3.32. The van der Waals surface area contributed by atoms with Crippen molar-refractivity contribution in [3.63, 3.8) is 0 Å². The molecule has 4 rings (SSSR count). The molecule has 1 heterocycles. The van der Waals surface area contributed by atoms with Crippen LogP contribution in [0.1, 0.15) is 11.1 Å². The first-order valence-corrected chi connectivity index (χ1v) is 8.12. The molecule has 129 valence electrons. The monoisotopic (exact) mass is 515 g/mol. The number of nitrogens with zero attached hydrogens (tertiary/aromatic N) is 3. The average molecular weight is 515 g/mol. The number of benzene rings is 3. The molecular formula is C22H16IrN3-. The third kappa shape index (κ3) is 2.97. The Labute approximate surface area is 166 Å². The molecule has 0 aliphatic rings. The zero-order chi connectivity index (χ0) is 17.4. The largest absolute Gasteiger partial charge is 0.333 e. The van der Waals surface area contributed by atoms with Crippen LogP contribution in [0.25, 0.3) is 33.0 Å². The van der Waals surface area contributed by atoms with E-state index in [-0.39, 0.29) is 20.1 Å². The van der Waals surface area contributed by atoms with Gasteiger partial charge >= 0.3 is 0 Å². The number of hydrogen-bond acceptors (Lipinski definition) is 1. The number of fused-ring (bicyclic) bond motifs is 1. The van der Waals surface area contributed by atoms with Crippen molar-refractivity contribution in [2.45, 2.75) is 13.8 Å². The van der Waals surface area contributed by atoms with Gasteiger partial charge in [-0.15, -0.1) is 35.9 Å². The third-order valence-electron chi connectivity index (χ3n) is 4.34. The summed E-state index contributed by atoms with van der Waals surface area (Å²) in [5.74, 6) is 0.864. The molecule has 1 radical (unpaired) electrons. The maximum atomic E-state index is 7.29. The second-order valence-electron chi connectivity index (χ2n) is 6.08. The Morgan fingerprint density at radius 3 is 2.35 bits per heavy atom. The molecule has 0 atom stereocenters. The summed E-state index contributed by atoms with van der Waals surface area (Å²) in [6.45, 7) is 11.4. The minimum absolute atomic E-state index is 0. The first-order valence-electron chi connectivity index (χ1n) is 8.12. The summed E-state index contributed by atoms with van der Waals surface area (Å²) < 4.78 is 2.18. The molecule has 3 nitrogen and oxygen atoms in total. The maximum Gasteiger partial charge on any atom is 0.187 e. The van der Waals surface area contributed by atoms with E-state index in [9.17, 15) is 0 Å². The molecule has 26 heavy (non-hydrogen) atoms. The Morgan fingerprint density at radius 2 is 1.69 bits per heavy atom. The van der Waals surface area contributed by atoms with Crippen molar-refractivity contribution in [3.8, 4) is 17.1 Å². The second-order valence-corrected chi connectivity index (χ2v) is 6.08. The average Bonchev–Trinajstić information content (AvgIpc) is 3.01. The molecule has 4 heteroatoms. The summed E-state index contributed by atoms with van der Waals surface area (Å²) in [6.07, 6.45) is 0. The Bertz CT molecular complexity index is 1100. The molecule has 0 saturated heterocycles. The Balaban J connectivity index is 0.00000196. The summed E-state index contributed by atoms with van der Waals surface area (Å²) >= 11 is 0. The van der Waals surface area contributed by atoms with Crippen molar-refractivity contribution in [1.82, 2.24) is 9.55 Å². The van der Waals surface area contributed by atoms with Crippen molar-refractivity contribution < 1.29 is 20.1 Å². The minimum atomic E-state index is 0. The molecule has 4 aromatic rings. The van der Waals surface area contributed by atoms with E-state index in [0.717, 1.165) is 39.2 Å². The molecule has 0 spiro atoms. The zero-order valence-corrected chi connectivity index (χ0v) is 16.8. The molecule has 0 N–H and O–H groups in total. The van der Waals surface area contributed by atoms with Crippen LogP contribution in [0.2, 0.25) is 0 Å². The maximum absolute atomic E-state index is 7.29. The van der Waals surface area contributed by atoms with Crippen LogP contribution in [0.3, 0.4) is 0 Å². The van der Waals surface area contributed by atoms with Crippen molar-refractivity contribution in [2.75, 3.05) is 0 Å². The quantitative estimate of drug-likeness (QED) is 0.317. The number of aromatic nitrogens is 2. The number of hydrogen-bond donors (Lipinski definition) is 0. The van der Waals surface area contributed by atoms with E-state index >= 15 is 0 Å². The van der Waals surface area contributed by atoms with E-state index in [1.807, 2.05) is 68.4 Å². The van der Waals surface area contributed by atoms with E-state index in [0.29, 0.717) is 5.69 Å². The predicted octanol–water partition coefficient (Wildman–Crippen LogP) is 5.66. The SMILES string of the molecule is [C-]#[N+]c1cc(C)c(-n2c(-c3[c-]cccc3)nc3ccccc32)c(C)c1.[Ir]. The standard InChI is InChI=1S/C22H16N3.Ir/c1-15-13-18(23-3)14-16(2)21(15)25-20-12-8-7-11-19(20)24-22(25)17-9-5-4-6-10-17;/h4-9,11-14H,1-2H3;/q-1;. The molecule has 0 aliphatic carbocycles. The van der Waals surface area contributed by atoms with Gasteiger partial charge in [0.25, 0.3) is 0 Å². The molecule has 1 aromatic heterocycles. The van der Waals surface area contributed by atoms with Gasteiger partial charge in [-0.25, -0.2) is 4.85 Å². The Kier molecular flexibility index (Phi) is 5.04. The summed E-state index contributed by atoms with van der Waals surface area (Å²) in [7, 11) is 0. The van der Waals surface area contributed by atoms with Gasteiger partial charge in [0.2, 0.25) is 0 Å². The van der Waals surface area contributed by atoms with Crippen LogP contribution < -0.4 is 0 Å². The van der Waals surface area contributed by atoms with Crippen LogP contribution >= 0.6 is 0 Å². The van der Waals surface area contributed by atoms with Gasteiger partial charge in [0, 0.05) is 25.8 Å². The van der Waals surface area contributed by atoms with Crippen LogP contribution in [0, 0.1) is 26.5 Å². The second kappa shape index (κ2) is 7.25. The van der Waals surface area contributed by atoms with Crippen LogP contribution in [0.4, 0.5) is 5.69 Å². The van der Waals surface area contributed by atoms with Crippen LogP contribution in [0.5, 0.6) is 0 Å². The van der Waals surface area contributed by atoms with Gasteiger partial charge in [-0.3, -0.25) is 4.98 Å². The van der Waals surface area contributed by atoms with Crippen molar-refractivity contribution >= 4 is 16.7 Å². The topological polar surface area (TPSA) is 22.2 Å². The molecule has 0 fully saturated rings. The fraction of sp³-hybridized carbons (Fsp3) is 0.0909. The summed E-state index contributed by atoms with van der Waals surface area (Å²) in [4.78, 5) is 8.43.